The van der Waals surface area contributed by atoms with Crippen LogP contribution in [0.1, 0.15) is 6.42 Å². The highest BCUT2D eigenvalue weighted by molar-refractivity contribution is 5.69. The van der Waals surface area contributed by atoms with E-state index in [0.717, 1.165) is 38.5 Å². The molecule has 0 spiro atoms. The number of hydrogen-bond acceptors (Lipinski definition) is 7. The number of anilines is 1. The second-order valence-electron chi connectivity index (χ2n) is 4.57. The van der Waals surface area contributed by atoms with Gasteiger partial charge in [0.1, 0.15) is 12.1 Å². The van der Waals surface area contributed by atoms with E-state index in [1.165, 1.54) is 13.4 Å². The van der Waals surface area contributed by atoms with Crippen molar-refractivity contribution in [3.63, 3.8) is 0 Å². The molecule has 20 heavy (non-hydrogen) atoms. The van der Waals surface area contributed by atoms with Gasteiger partial charge in [0.25, 0.3) is 0 Å². The van der Waals surface area contributed by atoms with Crippen LogP contribution in [0.4, 0.5) is 5.82 Å². The minimum Gasteiger partial charge on any atom is -0.481 e. The minimum atomic E-state index is -0.159. The van der Waals surface area contributed by atoms with Gasteiger partial charge in [-0.05, 0) is 0 Å². The molecule has 0 bridgehead atoms. The van der Waals surface area contributed by atoms with Crippen LogP contribution >= 0.6 is 0 Å². The first-order valence-electron chi connectivity index (χ1n) is 6.63. The first-order valence-corrected chi connectivity index (χ1v) is 6.63. The Bertz CT molecular complexity index is 447. The molecule has 110 valence electrons. The molecule has 7 nitrogen and oxygen atoms in total. The number of hydrogen-bond donors (Lipinski definition) is 0. The number of aromatic nitrogens is 2. The lowest BCUT2D eigenvalue weighted by atomic mass is 10.3. The van der Waals surface area contributed by atoms with Crippen molar-refractivity contribution >= 4 is 11.8 Å². The summed E-state index contributed by atoms with van der Waals surface area (Å²) in [4.78, 5) is 23.8. The second-order valence-corrected chi connectivity index (χ2v) is 4.57. The monoisotopic (exact) mass is 280 g/mol. The summed E-state index contributed by atoms with van der Waals surface area (Å²) in [6.45, 7) is 4.31. The smallest absolute Gasteiger partial charge is 0.306 e. The van der Waals surface area contributed by atoms with Crippen LogP contribution < -0.4 is 9.64 Å². The van der Waals surface area contributed by atoms with E-state index in [1.807, 2.05) is 6.07 Å². The summed E-state index contributed by atoms with van der Waals surface area (Å²) in [6.07, 6.45) is 1.95. The molecule has 0 aromatic carbocycles. The van der Waals surface area contributed by atoms with Gasteiger partial charge >= 0.3 is 5.97 Å². The Morgan fingerprint density at radius 3 is 2.65 bits per heavy atom. The molecular weight excluding hydrogens is 260 g/mol. The van der Waals surface area contributed by atoms with Gasteiger partial charge in [0, 0.05) is 38.8 Å². The number of ether oxygens (including phenoxy) is 2. The average Bonchev–Trinajstić information content (AvgIpc) is 2.53. The maximum absolute atomic E-state index is 11.1. The fourth-order valence-corrected chi connectivity index (χ4v) is 2.17. The minimum absolute atomic E-state index is 0.159. The molecule has 1 aliphatic rings. The Morgan fingerprint density at radius 2 is 2.00 bits per heavy atom. The molecule has 0 N–H and O–H groups in total. The zero-order chi connectivity index (χ0) is 14.4. The van der Waals surface area contributed by atoms with Crippen LogP contribution in [0.5, 0.6) is 5.88 Å². The number of rotatable bonds is 5. The van der Waals surface area contributed by atoms with Gasteiger partial charge in [-0.1, -0.05) is 0 Å². The highest BCUT2D eigenvalue weighted by Crippen LogP contribution is 2.17. The fourth-order valence-electron chi connectivity index (χ4n) is 2.17. The highest BCUT2D eigenvalue weighted by atomic mass is 16.5. The molecule has 0 unspecified atom stereocenters. The topological polar surface area (TPSA) is 67.8 Å². The lowest BCUT2D eigenvalue weighted by Crippen LogP contribution is -2.47. The van der Waals surface area contributed by atoms with Crippen molar-refractivity contribution < 1.29 is 14.3 Å². The first-order chi connectivity index (χ1) is 9.72. The van der Waals surface area contributed by atoms with Crippen molar-refractivity contribution in [1.82, 2.24) is 14.9 Å². The Hall–Kier alpha value is -1.89. The van der Waals surface area contributed by atoms with E-state index in [9.17, 15) is 4.79 Å². The Labute approximate surface area is 118 Å². The molecule has 1 aliphatic heterocycles. The maximum atomic E-state index is 11.1. The molecular formula is C13H20N4O3. The third-order valence-corrected chi connectivity index (χ3v) is 3.39. The predicted molar refractivity (Wildman–Crippen MR) is 73.9 cm³/mol. The van der Waals surface area contributed by atoms with Crippen molar-refractivity contribution in [3.05, 3.63) is 12.4 Å². The van der Waals surface area contributed by atoms with Crippen LogP contribution in [0.25, 0.3) is 0 Å². The number of methoxy groups -OCH3 is 2. The highest BCUT2D eigenvalue weighted by Gasteiger charge is 2.19. The molecule has 0 atom stereocenters. The SMILES string of the molecule is COC(=O)CCN1CCN(c2cc(OC)ncn2)CC1. The van der Waals surface area contributed by atoms with Crippen LogP contribution in [-0.2, 0) is 9.53 Å². The molecule has 0 saturated carbocycles. The normalized spacial score (nSPS) is 16.0. The molecule has 1 fully saturated rings. The van der Waals surface area contributed by atoms with Gasteiger partial charge in [0.2, 0.25) is 5.88 Å². The second kappa shape index (κ2) is 7.04. The van der Waals surface area contributed by atoms with Gasteiger partial charge in [-0.25, -0.2) is 9.97 Å². The molecule has 0 amide bonds. The summed E-state index contributed by atoms with van der Waals surface area (Å²) in [5.41, 5.74) is 0. The van der Waals surface area contributed by atoms with Crippen molar-refractivity contribution in [2.24, 2.45) is 0 Å². The maximum Gasteiger partial charge on any atom is 0.306 e. The average molecular weight is 280 g/mol. The Morgan fingerprint density at radius 1 is 1.25 bits per heavy atom. The zero-order valence-corrected chi connectivity index (χ0v) is 11.9. The number of piperazine rings is 1. The van der Waals surface area contributed by atoms with Gasteiger partial charge in [-0.2, -0.15) is 0 Å². The third-order valence-electron chi connectivity index (χ3n) is 3.39. The summed E-state index contributed by atoms with van der Waals surface area (Å²) < 4.78 is 9.75. The van der Waals surface area contributed by atoms with E-state index in [0.29, 0.717) is 12.3 Å². The summed E-state index contributed by atoms with van der Waals surface area (Å²) in [6, 6.07) is 1.84. The summed E-state index contributed by atoms with van der Waals surface area (Å²) >= 11 is 0. The molecule has 0 radical (unpaired) electrons. The zero-order valence-electron chi connectivity index (χ0n) is 11.9. The van der Waals surface area contributed by atoms with Gasteiger partial charge in [0.15, 0.2) is 0 Å². The lowest BCUT2D eigenvalue weighted by molar-refractivity contribution is -0.141. The molecule has 1 aromatic heterocycles. The van der Waals surface area contributed by atoms with E-state index in [-0.39, 0.29) is 5.97 Å². The molecule has 1 saturated heterocycles. The van der Waals surface area contributed by atoms with Crippen molar-refractivity contribution in [2.45, 2.75) is 6.42 Å². The van der Waals surface area contributed by atoms with Crippen molar-refractivity contribution in [1.29, 1.82) is 0 Å². The molecule has 2 heterocycles. The van der Waals surface area contributed by atoms with E-state index in [1.54, 1.807) is 7.11 Å². The third kappa shape index (κ3) is 3.80. The van der Waals surface area contributed by atoms with Gasteiger partial charge in [-0.15, -0.1) is 0 Å². The Balaban J connectivity index is 1.83. The number of esters is 1. The van der Waals surface area contributed by atoms with Crippen LogP contribution in [0, 0.1) is 0 Å². The molecule has 0 aliphatic carbocycles. The number of carbonyl (C=O) groups is 1. The summed E-state index contributed by atoms with van der Waals surface area (Å²) in [5, 5.41) is 0. The first kappa shape index (κ1) is 14.5. The molecule has 2 rings (SSSR count). The predicted octanol–water partition coefficient (Wildman–Crippen LogP) is 0.170. The standard InChI is InChI=1S/C13H20N4O3/c1-19-12-9-11(14-10-15-12)17-7-5-16(6-8-17)4-3-13(18)20-2/h9-10H,3-8H2,1-2H3. The number of nitrogens with zero attached hydrogens (tertiary/aromatic N) is 4. The van der Waals surface area contributed by atoms with Crippen molar-refractivity contribution in [2.75, 3.05) is 51.8 Å². The van der Waals surface area contributed by atoms with E-state index < -0.39 is 0 Å². The fraction of sp³-hybridized carbons (Fsp3) is 0.615. The van der Waals surface area contributed by atoms with E-state index >= 15 is 0 Å². The largest absolute Gasteiger partial charge is 0.481 e. The van der Waals surface area contributed by atoms with Crippen LogP contribution in [0.3, 0.4) is 0 Å². The lowest BCUT2D eigenvalue weighted by Gasteiger charge is -2.35. The number of carbonyl (C=O) groups excluding carboxylic acids is 1. The summed E-state index contributed by atoms with van der Waals surface area (Å²) in [5.74, 6) is 1.29. The van der Waals surface area contributed by atoms with Crippen molar-refractivity contribution in [3.8, 4) is 5.88 Å². The van der Waals surface area contributed by atoms with Gasteiger partial charge in [-0.3, -0.25) is 9.69 Å². The Kier molecular flexibility index (Phi) is 5.11. The van der Waals surface area contributed by atoms with Crippen LogP contribution in [0.2, 0.25) is 0 Å². The summed E-state index contributed by atoms with van der Waals surface area (Å²) in [7, 11) is 3.01. The van der Waals surface area contributed by atoms with Crippen LogP contribution in [0.15, 0.2) is 12.4 Å². The van der Waals surface area contributed by atoms with Gasteiger partial charge < -0.3 is 14.4 Å². The van der Waals surface area contributed by atoms with E-state index in [4.69, 9.17) is 4.74 Å². The molecule has 1 aromatic rings. The molecule has 7 heteroatoms. The van der Waals surface area contributed by atoms with Gasteiger partial charge in [0.05, 0.1) is 20.6 Å². The van der Waals surface area contributed by atoms with Crippen LogP contribution in [-0.4, -0.2) is 67.8 Å². The van der Waals surface area contributed by atoms with E-state index in [2.05, 4.69) is 24.5 Å². The quantitative estimate of drug-likeness (QED) is 0.712.